The molecule has 1 aliphatic rings. The molecule has 0 aromatic heterocycles. The van der Waals surface area contributed by atoms with Crippen LogP contribution in [0.15, 0.2) is 0 Å². The van der Waals surface area contributed by atoms with Crippen molar-refractivity contribution >= 4 is 5.97 Å². The van der Waals surface area contributed by atoms with Gasteiger partial charge in [0, 0.05) is 0 Å². The number of ether oxygens (including phenoxy) is 1. The first-order chi connectivity index (χ1) is 5.57. The van der Waals surface area contributed by atoms with Gasteiger partial charge in [0.1, 0.15) is 12.2 Å². The molecule has 0 spiro atoms. The van der Waals surface area contributed by atoms with Crippen LogP contribution in [0, 0.1) is 5.92 Å². The van der Waals surface area contributed by atoms with Gasteiger partial charge >= 0.3 is 5.97 Å². The van der Waals surface area contributed by atoms with Gasteiger partial charge in [-0.25, -0.2) is 0 Å². The topological polar surface area (TPSA) is 66.8 Å². The number of esters is 1. The maximum Gasteiger partial charge on any atom is 0.311 e. The lowest BCUT2D eigenvalue weighted by atomic mass is 9.92. The minimum Gasteiger partial charge on any atom is -0.459 e. The predicted octanol–water partition coefficient (Wildman–Crippen LogP) is -0.320. The zero-order valence-electron chi connectivity index (χ0n) is 7.23. The first kappa shape index (κ1) is 9.48. The number of carbonyl (C=O) groups excluding carboxylic acids is 1. The third kappa shape index (κ3) is 1.44. The molecular weight excluding hydrogens is 160 g/mol. The standard InChI is InChI=1S/C8H14O4/c1-3-5-7(10)6(9)4(2)8(11)12-5/h4-7,9-10H,3H2,1-2H3. The summed E-state index contributed by atoms with van der Waals surface area (Å²) in [6.07, 6.45) is -1.96. The predicted molar refractivity (Wildman–Crippen MR) is 41.3 cm³/mol. The Morgan fingerprint density at radius 1 is 1.42 bits per heavy atom. The van der Waals surface area contributed by atoms with Crippen molar-refractivity contribution in [2.45, 2.75) is 38.6 Å². The molecule has 2 N–H and O–H groups in total. The van der Waals surface area contributed by atoms with Gasteiger partial charge in [-0.05, 0) is 13.3 Å². The number of rotatable bonds is 1. The lowest BCUT2D eigenvalue weighted by Crippen LogP contribution is -2.51. The average molecular weight is 174 g/mol. The van der Waals surface area contributed by atoms with E-state index in [1.165, 1.54) is 0 Å². The largest absolute Gasteiger partial charge is 0.459 e. The van der Waals surface area contributed by atoms with Crippen LogP contribution in [0.4, 0.5) is 0 Å². The van der Waals surface area contributed by atoms with Gasteiger partial charge in [-0.1, -0.05) is 6.92 Å². The monoisotopic (exact) mass is 174 g/mol. The third-order valence-electron chi connectivity index (χ3n) is 2.28. The average Bonchev–Trinajstić information content (AvgIpc) is 2.08. The Kier molecular flexibility index (Phi) is 2.69. The van der Waals surface area contributed by atoms with Crippen LogP contribution < -0.4 is 0 Å². The van der Waals surface area contributed by atoms with E-state index in [1.807, 2.05) is 0 Å². The molecule has 70 valence electrons. The second kappa shape index (κ2) is 3.41. The van der Waals surface area contributed by atoms with Crippen molar-refractivity contribution < 1.29 is 19.7 Å². The molecule has 4 heteroatoms. The Hall–Kier alpha value is -0.610. The number of cyclic esters (lactones) is 1. The second-order valence-electron chi connectivity index (χ2n) is 3.15. The summed E-state index contributed by atoms with van der Waals surface area (Å²) in [5.74, 6) is -1.05. The smallest absolute Gasteiger partial charge is 0.311 e. The van der Waals surface area contributed by atoms with Crippen molar-refractivity contribution in [1.29, 1.82) is 0 Å². The molecule has 1 saturated heterocycles. The molecule has 0 saturated carbocycles. The van der Waals surface area contributed by atoms with E-state index in [4.69, 9.17) is 4.74 Å². The van der Waals surface area contributed by atoms with Gasteiger partial charge in [0.05, 0.1) is 12.0 Å². The van der Waals surface area contributed by atoms with E-state index in [1.54, 1.807) is 13.8 Å². The normalized spacial score (nSPS) is 42.5. The summed E-state index contributed by atoms with van der Waals surface area (Å²) in [7, 11) is 0. The van der Waals surface area contributed by atoms with E-state index in [-0.39, 0.29) is 0 Å². The van der Waals surface area contributed by atoms with Crippen LogP contribution in [0.1, 0.15) is 20.3 Å². The van der Waals surface area contributed by atoms with E-state index in [0.29, 0.717) is 6.42 Å². The highest BCUT2D eigenvalue weighted by Crippen LogP contribution is 2.22. The van der Waals surface area contributed by atoms with Gasteiger partial charge in [0.2, 0.25) is 0 Å². The Labute approximate surface area is 71.2 Å². The SMILES string of the molecule is CCC1OC(=O)C(C)C(O)C1O. The highest BCUT2D eigenvalue weighted by molar-refractivity contribution is 5.74. The first-order valence-electron chi connectivity index (χ1n) is 4.14. The quantitative estimate of drug-likeness (QED) is 0.535. The molecule has 4 unspecified atom stereocenters. The highest BCUT2D eigenvalue weighted by atomic mass is 16.6. The van der Waals surface area contributed by atoms with Crippen LogP contribution in [0.3, 0.4) is 0 Å². The maximum absolute atomic E-state index is 11.0. The minimum absolute atomic E-state index is 0.431. The zero-order chi connectivity index (χ0) is 9.30. The molecule has 0 radical (unpaired) electrons. The third-order valence-corrected chi connectivity index (χ3v) is 2.28. The molecule has 4 nitrogen and oxygen atoms in total. The Morgan fingerprint density at radius 3 is 2.50 bits per heavy atom. The van der Waals surface area contributed by atoms with Crippen LogP contribution in [-0.2, 0) is 9.53 Å². The maximum atomic E-state index is 11.0. The number of carbonyl (C=O) groups is 1. The Balaban J connectivity index is 2.70. The molecule has 4 atom stereocenters. The molecule has 0 aromatic carbocycles. The van der Waals surface area contributed by atoms with Crippen LogP contribution in [0.5, 0.6) is 0 Å². The van der Waals surface area contributed by atoms with Gasteiger partial charge in [-0.15, -0.1) is 0 Å². The Morgan fingerprint density at radius 2 is 2.00 bits per heavy atom. The molecule has 0 aliphatic carbocycles. The fraction of sp³-hybridized carbons (Fsp3) is 0.875. The minimum atomic E-state index is -0.990. The molecule has 1 fully saturated rings. The van der Waals surface area contributed by atoms with Crippen molar-refractivity contribution in [1.82, 2.24) is 0 Å². The van der Waals surface area contributed by atoms with Crippen LogP contribution in [0.25, 0.3) is 0 Å². The van der Waals surface area contributed by atoms with Gasteiger partial charge in [0.15, 0.2) is 0 Å². The lowest BCUT2D eigenvalue weighted by molar-refractivity contribution is -0.189. The van der Waals surface area contributed by atoms with Gasteiger partial charge < -0.3 is 14.9 Å². The van der Waals surface area contributed by atoms with Crippen molar-refractivity contribution in [3.63, 3.8) is 0 Å². The van der Waals surface area contributed by atoms with Crippen LogP contribution in [0.2, 0.25) is 0 Å². The first-order valence-corrected chi connectivity index (χ1v) is 4.14. The molecule has 12 heavy (non-hydrogen) atoms. The molecule has 0 amide bonds. The molecule has 1 rings (SSSR count). The lowest BCUT2D eigenvalue weighted by Gasteiger charge is -2.34. The van der Waals surface area contributed by atoms with E-state index >= 15 is 0 Å². The van der Waals surface area contributed by atoms with Gasteiger partial charge in [0.25, 0.3) is 0 Å². The summed E-state index contributed by atoms with van der Waals surface area (Å²) >= 11 is 0. The number of aliphatic hydroxyl groups is 2. The Bertz CT molecular complexity index is 178. The van der Waals surface area contributed by atoms with E-state index in [2.05, 4.69) is 0 Å². The fourth-order valence-corrected chi connectivity index (χ4v) is 1.31. The number of hydrogen-bond acceptors (Lipinski definition) is 4. The molecule has 0 aromatic rings. The zero-order valence-corrected chi connectivity index (χ0v) is 7.23. The van der Waals surface area contributed by atoms with Crippen LogP contribution in [-0.4, -0.2) is 34.5 Å². The number of aliphatic hydroxyl groups excluding tert-OH is 2. The van der Waals surface area contributed by atoms with Crippen molar-refractivity contribution in [3.05, 3.63) is 0 Å². The highest BCUT2D eigenvalue weighted by Gasteiger charge is 2.40. The molecule has 1 aliphatic heterocycles. The summed E-state index contributed by atoms with van der Waals surface area (Å²) in [4.78, 5) is 11.0. The summed E-state index contributed by atoms with van der Waals surface area (Å²) in [6.45, 7) is 3.34. The van der Waals surface area contributed by atoms with Crippen molar-refractivity contribution in [2.75, 3.05) is 0 Å². The summed E-state index contributed by atoms with van der Waals surface area (Å²) < 4.78 is 4.88. The second-order valence-corrected chi connectivity index (χ2v) is 3.15. The molecule has 0 bridgehead atoms. The van der Waals surface area contributed by atoms with Gasteiger partial charge in [-0.3, -0.25) is 4.79 Å². The number of hydrogen-bond donors (Lipinski definition) is 2. The summed E-state index contributed by atoms with van der Waals surface area (Å²) in [5.41, 5.74) is 0. The van der Waals surface area contributed by atoms with E-state index in [0.717, 1.165) is 0 Å². The summed E-state index contributed by atoms with van der Waals surface area (Å²) in [5, 5.41) is 18.8. The van der Waals surface area contributed by atoms with E-state index in [9.17, 15) is 15.0 Å². The van der Waals surface area contributed by atoms with Crippen LogP contribution >= 0.6 is 0 Å². The summed E-state index contributed by atoms with van der Waals surface area (Å²) in [6, 6.07) is 0. The van der Waals surface area contributed by atoms with Crippen molar-refractivity contribution in [3.8, 4) is 0 Å². The fourth-order valence-electron chi connectivity index (χ4n) is 1.31. The molecule has 1 heterocycles. The molecular formula is C8H14O4. The van der Waals surface area contributed by atoms with E-state index < -0.39 is 30.2 Å². The van der Waals surface area contributed by atoms with Gasteiger partial charge in [-0.2, -0.15) is 0 Å². The van der Waals surface area contributed by atoms with Crippen molar-refractivity contribution in [2.24, 2.45) is 5.92 Å².